The lowest BCUT2D eigenvalue weighted by Crippen LogP contribution is -2.66. The van der Waals surface area contributed by atoms with Crippen LogP contribution in [0.2, 0.25) is 0 Å². The molecule has 3 rings (SSSR count). The molecule has 1 aromatic rings. The first-order chi connectivity index (χ1) is 13.1. The second-order valence-electron chi connectivity index (χ2n) is 8.43. The number of thioether (sulfide) groups is 1. The van der Waals surface area contributed by atoms with Crippen LogP contribution in [0.5, 0.6) is 0 Å². The molecule has 2 fully saturated rings. The van der Waals surface area contributed by atoms with Crippen LogP contribution in [0.3, 0.4) is 0 Å². The minimum absolute atomic E-state index is 0.147. The molecule has 1 aliphatic carbocycles. The number of aromatic nitrogens is 2. The molecule has 0 aromatic carbocycles. The van der Waals surface area contributed by atoms with Gasteiger partial charge in [0.1, 0.15) is 17.0 Å². The van der Waals surface area contributed by atoms with Gasteiger partial charge in [-0.25, -0.2) is 19.6 Å². The van der Waals surface area contributed by atoms with E-state index in [0.29, 0.717) is 36.2 Å². The van der Waals surface area contributed by atoms with Crippen LogP contribution in [-0.2, 0) is 9.47 Å². The van der Waals surface area contributed by atoms with Gasteiger partial charge in [-0.1, -0.05) is 11.8 Å². The molecule has 8 nitrogen and oxygen atoms in total. The number of hydrogen-bond acceptors (Lipinski definition) is 8. The quantitative estimate of drug-likeness (QED) is 0.451. The average molecular weight is 409 g/mol. The number of ether oxygens (including phenoxy) is 2. The lowest BCUT2D eigenvalue weighted by Gasteiger charge is -2.58. The maximum Gasteiger partial charge on any atom is 0.410 e. The zero-order valence-electron chi connectivity index (χ0n) is 17.1. The predicted octanol–water partition coefficient (Wildman–Crippen LogP) is 3.19. The Hall–Kier alpha value is -2.03. The highest BCUT2D eigenvalue weighted by molar-refractivity contribution is 7.98. The third-order valence-corrected chi connectivity index (χ3v) is 5.41. The molecule has 1 aliphatic heterocycles. The Morgan fingerprint density at radius 1 is 1.36 bits per heavy atom. The van der Waals surface area contributed by atoms with E-state index in [1.165, 1.54) is 18.0 Å². The SMILES string of the molecule is CCOC(=O)c1cnc(SC)nc1NC1CC2(C1)CN(C(=O)OC(C)(C)C)C2. The Morgan fingerprint density at radius 3 is 2.61 bits per heavy atom. The standard InChI is InChI=1S/C19H28N4O4S/c1-6-26-15(24)13-9-20-16(28-5)22-14(13)21-12-7-19(8-12)10-23(11-19)17(25)27-18(2,3)4/h9,12H,6-8,10-11H2,1-5H3,(H,20,21,22). The molecule has 28 heavy (non-hydrogen) atoms. The Kier molecular flexibility index (Phi) is 5.74. The molecular formula is C19H28N4O4S. The number of hydrogen-bond donors (Lipinski definition) is 1. The maximum atomic E-state index is 12.2. The van der Waals surface area contributed by atoms with Crippen molar-refractivity contribution in [2.45, 2.75) is 57.3 Å². The number of esters is 1. The zero-order valence-corrected chi connectivity index (χ0v) is 17.9. The molecule has 1 saturated carbocycles. The van der Waals surface area contributed by atoms with Gasteiger partial charge in [-0.3, -0.25) is 0 Å². The van der Waals surface area contributed by atoms with Gasteiger partial charge in [-0.2, -0.15) is 0 Å². The summed E-state index contributed by atoms with van der Waals surface area (Å²) in [6, 6.07) is 0.207. The van der Waals surface area contributed by atoms with E-state index in [2.05, 4.69) is 15.3 Å². The van der Waals surface area contributed by atoms with Crippen LogP contribution < -0.4 is 5.32 Å². The summed E-state index contributed by atoms with van der Waals surface area (Å²) in [7, 11) is 0. The number of amides is 1. The van der Waals surface area contributed by atoms with Crippen molar-refractivity contribution in [3.05, 3.63) is 11.8 Å². The molecule has 0 atom stereocenters. The monoisotopic (exact) mass is 408 g/mol. The van der Waals surface area contributed by atoms with E-state index < -0.39 is 11.6 Å². The van der Waals surface area contributed by atoms with Crippen LogP contribution in [0.25, 0.3) is 0 Å². The number of carbonyl (C=O) groups is 2. The van der Waals surface area contributed by atoms with Crippen molar-refractivity contribution in [3.8, 4) is 0 Å². The van der Waals surface area contributed by atoms with Crippen molar-refractivity contribution in [2.24, 2.45) is 5.41 Å². The van der Waals surface area contributed by atoms with E-state index in [1.54, 1.807) is 11.8 Å². The number of anilines is 1. The molecule has 154 valence electrons. The van der Waals surface area contributed by atoms with Crippen molar-refractivity contribution in [1.29, 1.82) is 0 Å². The summed E-state index contributed by atoms with van der Waals surface area (Å²) in [6.07, 6.45) is 5.00. The Bertz CT molecular complexity index is 751. The summed E-state index contributed by atoms with van der Waals surface area (Å²) in [5.74, 6) is 0.0902. The van der Waals surface area contributed by atoms with Crippen molar-refractivity contribution >= 4 is 29.6 Å². The first kappa shape index (κ1) is 20.7. The van der Waals surface area contributed by atoms with Crippen LogP contribution in [0.4, 0.5) is 10.6 Å². The topological polar surface area (TPSA) is 93.6 Å². The summed E-state index contributed by atoms with van der Waals surface area (Å²) < 4.78 is 10.5. The molecule has 2 heterocycles. The van der Waals surface area contributed by atoms with Crippen molar-refractivity contribution in [2.75, 3.05) is 31.3 Å². The lowest BCUT2D eigenvalue weighted by molar-refractivity contribution is -0.0739. The zero-order chi connectivity index (χ0) is 20.5. The van der Waals surface area contributed by atoms with Gasteiger partial charge in [0.25, 0.3) is 0 Å². The fourth-order valence-electron chi connectivity index (χ4n) is 3.69. The van der Waals surface area contributed by atoms with Crippen LogP contribution in [0, 0.1) is 5.41 Å². The normalized spacial score (nSPS) is 18.2. The van der Waals surface area contributed by atoms with Crippen molar-refractivity contribution < 1.29 is 19.1 Å². The summed E-state index contributed by atoms with van der Waals surface area (Å²) >= 11 is 1.42. The summed E-state index contributed by atoms with van der Waals surface area (Å²) in [5.41, 5.74) is 0.0212. The van der Waals surface area contributed by atoms with E-state index in [0.717, 1.165) is 12.8 Å². The number of carbonyl (C=O) groups excluding carboxylic acids is 2. The van der Waals surface area contributed by atoms with E-state index in [9.17, 15) is 9.59 Å². The summed E-state index contributed by atoms with van der Waals surface area (Å²) in [6.45, 7) is 9.11. The van der Waals surface area contributed by atoms with Crippen molar-refractivity contribution in [1.82, 2.24) is 14.9 Å². The lowest BCUT2D eigenvalue weighted by atomic mass is 9.61. The second kappa shape index (κ2) is 7.77. The average Bonchev–Trinajstić information content (AvgIpc) is 2.53. The fraction of sp³-hybridized carbons (Fsp3) is 0.684. The van der Waals surface area contributed by atoms with E-state index in [1.807, 2.05) is 27.0 Å². The molecular weight excluding hydrogens is 380 g/mol. The maximum absolute atomic E-state index is 12.2. The third kappa shape index (κ3) is 4.51. The Morgan fingerprint density at radius 2 is 2.04 bits per heavy atom. The molecule has 0 unspecified atom stereocenters. The Balaban J connectivity index is 1.56. The van der Waals surface area contributed by atoms with E-state index in [4.69, 9.17) is 9.47 Å². The summed E-state index contributed by atoms with van der Waals surface area (Å²) in [4.78, 5) is 34.7. The van der Waals surface area contributed by atoms with Crippen LogP contribution >= 0.6 is 11.8 Å². The fourth-order valence-corrected chi connectivity index (χ4v) is 4.03. The first-order valence-corrected chi connectivity index (χ1v) is 10.7. The highest BCUT2D eigenvalue weighted by atomic mass is 32.2. The highest BCUT2D eigenvalue weighted by Gasteiger charge is 2.54. The molecule has 9 heteroatoms. The third-order valence-electron chi connectivity index (χ3n) is 4.85. The molecule has 1 N–H and O–H groups in total. The molecule has 1 amide bonds. The predicted molar refractivity (Wildman–Crippen MR) is 107 cm³/mol. The molecule has 1 aromatic heterocycles. The number of rotatable bonds is 5. The van der Waals surface area contributed by atoms with Gasteiger partial charge in [0.05, 0.1) is 6.61 Å². The number of likely N-dealkylation sites (tertiary alicyclic amines) is 1. The van der Waals surface area contributed by atoms with Crippen LogP contribution in [-0.4, -0.2) is 64.5 Å². The van der Waals surface area contributed by atoms with Gasteiger partial charge in [-0.05, 0) is 46.8 Å². The minimum Gasteiger partial charge on any atom is -0.462 e. The number of nitrogens with zero attached hydrogens (tertiary/aromatic N) is 3. The van der Waals surface area contributed by atoms with Gasteiger partial charge in [0.2, 0.25) is 0 Å². The van der Waals surface area contributed by atoms with Gasteiger partial charge < -0.3 is 19.7 Å². The van der Waals surface area contributed by atoms with Gasteiger partial charge in [0, 0.05) is 30.7 Å². The minimum atomic E-state index is -0.477. The van der Waals surface area contributed by atoms with Crippen LogP contribution in [0.15, 0.2) is 11.4 Å². The number of nitrogens with one attached hydrogen (secondary N) is 1. The van der Waals surface area contributed by atoms with E-state index in [-0.39, 0.29) is 17.6 Å². The van der Waals surface area contributed by atoms with Gasteiger partial charge in [0.15, 0.2) is 5.16 Å². The molecule has 0 bridgehead atoms. The second-order valence-corrected chi connectivity index (χ2v) is 9.20. The van der Waals surface area contributed by atoms with Crippen molar-refractivity contribution in [3.63, 3.8) is 0 Å². The van der Waals surface area contributed by atoms with E-state index >= 15 is 0 Å². The Labute approximate surface area is 169 Å². The summed E-state index contributed by atoms with van der Waals surface area (Å²) in [5, 5.41) is 3.97. The van der Waals surface area contributed by atoms with Gasteiger partial charge >= 0.3 is 12.1 Å². The first-order valence-electron chi connectivity index (χ1n) is 9.47. The largest absolute Gasteiger partial charge is 0.462 e. The molecule has 0 radical (unpaired) electrons. The highest BCUT2D eigenvalue weighted by Crippen LogP contribution is 2.49. The van der Waals surface area contributed by atoms with Gasteiger partial charge in [-0.15, -0.1) is 0 Å². The smallest absolute Gasteiger partial charge is 0.410 e. The molecule has 1 saturated heterocycles. The molecule has 1 spiro atoms. The molecule has 2 aliphatic rings. The van der Waals surface area contributed by atoms with Crippen LogP contribution in [0.1, 0.15) is 50.9 Å².